The molecule has 0 atom stereocenters. The Morgan fingerprint density at radius 3 is 2.64 bits per heavy atom. The molecule has 62 valence electrons. The molecule has 3 heterocycles. The number of hydrogen-bond acceptors (Lipinski definition) is 2. The molecule has 2 bridgehead atoms. The van der Waals surface area contributed by atoms with E-state index in [4.69, 9.17) is 5.11 Å². The van der Waals surface area contributed by atoms with Crippen molar-refractivity contribution in [3.63, 3.8) is 0 Å². The van der Waals surface area contributed by atoms with Crippen molar-refractivity contribution in [1.82, 2.24) is 4.90 Å². The maximum absolute atomic E-state index is 8.74. The normalized spacial score (nSPS) is 28.5. The van der Waals surface area contributed by atoms with E-state index in [1.807, 2.05) is 6.08 Å². The summed E-state index contributed by atoms with van der Waals surface area (Å²) in [5, 5.41) is 8.74. The fourth-order valence-electron chi connectivity index (χ4n) is 2.17. The molecule has 0 aromatic carbocycles. The SMILES string of the molecule is OCC=C1CC2CCN1CC2. The number of allylic oxidation sites excluding steroid dienone is 1. The van der Waals surface area contributed by atoms with Crippen LogP contribution in [0.4, 0.5) is 0 Å². The topological polar surface area (TPSA) is 23.5 Å². The van der Waals surface area contributed by atoms with Gasteiger partial charge in [-0.05, 0) is 31.3 Å². The summed E-state index contributed by atoms with van der Waals surface area (Å²) < 4.78 is 0. The number of piperidine rings is 3. The average Bonchev–Trinajstić information content (AvgIpc) is 2.07. The average molecular weight is 153 g/mol. The second-order valence-electron chi connectivity index (χ2n) is 3.51. The second-order valence-corrected chi connectivity index (χ2v) is 3.51. The molecule has 0 aromatic rings. The molecule has 2 nitrogen and oxygen atoms in total. The van der Waals surface area contributed by atoms with Crippen LogP contribution < -0.4 is 0 Å². The molecule has 2 heteroatoms. The van der Waals surface area contributed by atoms with Gasteiger partial charge in [0.2, 0.25) is 0 Å². The standard InChI is InChI=1S/C9H15NO/c11-6-3-9-7-8-1-4-10(9)5-2-8/h3,8,11H,1-2,4-7H2. The van der Waals surface area contributed by atoms with Crippen molar-refractivity contribution in [2.24, 2.45) is 5.92 Å². The van der Waals surface area contributed by atoms with E-state index in [0.29, 0.717) is 0 Å². The van der Waals surface area contributed by atoms with E-state index in [1.165, 1.54) is 38.0 Å². The summed E-state index contributed by atoms with van der Waals surface area (Å²) in [7, 11) is 0. The monoisotopic (exact) mass is 153 g/mol. The van der Waals surface area contributed by atoms with Crippen LogP contribution in [0.3, 0.4) is 0 Å². The van der Waals surface area contributed by atoms with Crippen LogP contribution >= 0.6 is 0 Å². The Kier molecular flexibility index (Phi) is 1.86. The smallest absolute Gasteiger partial charge is 0.0632 e. The highest BCUT2D eigenvalue weighted by atomic mass is 16.2. The van der Waals surface area contributed by atoms with E-state index in [-0.39, 0.29) is 6.61 Å². The first-order valence-electron chi connectivity index (χ1n) is 4.45. The summed E-state index contributed by atoms with van der Waals surface area (Å²) in [5.41, 5.74) is 1.38. The van der Waals surface area contributed by atoms with Crippen molar-refractivity contribution in [3.05, 3.63) is 11.8 Å². The third kappa shape index (κ3) is 1.27. The third-order valence-electron chi connectivity index (χ3n) is 2.85. The van der Waals surface area contributed by atoms with Crippen LogP contribution in [0, 0.1) is 5.92 Å². The summed E-state index contributed by atoms with van der Waals surface area (Å²) in [6.07, 6.45) is 5.90. The van der Waals surface area contributed by atoms with Gasteiger partial charge in [-0.25, -0.2) is 0 Å². The zero-order valence-electron chi connectivity index (χ0n) is 6.79. The molecular formula is C9H15NO. The fraction of sp³-hybridized carbons (Fsp3) is 0.778. The number of nitrogens with zero attached hydrogens (tertiary/aromatic N) is 1. The molecule has 3 saturated heterocycles. The van der Waals surface area contributed by atoms with E-state index in [0.717, 1.165) is 5.92 Å². The molecule has 0 spiro atoms. The number of fused-ring (bicyclic) bond motifs is 3. The maximum Gasteiger partial charge on any atom is 0.0632 e. The minimum Gasteiger partial charge on any atom is -0.392 e. The largest absolute Gasteiger partial charge is 0.392 e. The molecule has 0 aromatic heterocycles. The van der Waals surface area contributed by atoms with Crippen LogP contribution in [0.15, 0.2) is 11.8 Å². The Labute approximate surface area is 67.5 Å². The van der Waals surface area contributed by atoms with Crippen molar-refractivity contribution >= 4 is 0 Å². The van der Waals surface area contributed by atoms with Gasteiger partial charge in [-0.1, -0.05) is 0 Å². The molecular weight excluding hydrogens is 138 g/mol. The van der Waals surface area contributed by atoms with Crippen molar-refractivity contribution < 1.29 is 5.11 Å². The Morgan fingerprint density at radius 1 is 1.45 bits per heavy atom. The molecule has 3 aliphatic rings. The van der Waals surface area contributed by atoms with E-state index in [1.54, 1.807) is 0 Å². The predicted molar refractivity (Wildman–Crippen MR) is 44.1 cm³/mol. The Morgan fingerprint density at radius 2 is 2.18 bits per heavy atom. The lowest BCUT2D eigenvalue weighted by Gasteiger charge is -2.42. The van der Waals surface area contributed by atoms with Crippen molar-refractivity contribution in [1.29, 1.82) is 0 Å². The summed E-state index contributed by atoms with van der Waals surface area (Å²) in [4.78, 5) is 2.41. The number of aliphatic hydroxyl groups excluding tert-OH is 1. The molecule has 0 amide bonds. The van der Waals surface area contributed by atoms with Crippen LogP contribution in [0.2, 0.25) is 0 Å². The first-order valence-corrected chi connectivity index (χ1v) is 4.45. The van der Waals surface area contributed by atoms with Gasteiger partial charge in [0.25, 0.3) is 0 Å². The van der Waals surface area contributed by atoms with Gasteiger partial charge in [-0.2, -0.15) is 0 Å². The van der Waals surface area contributed by atoms with Crippen LogP contribution in [-0.4, -0.2) is 29.7 Å². The first kappa shape index (κ1) is 7.17. The molecule has 3 rings (SSSR count). The number of aliphatic hydroxyl groups is 1. The molecule has 1 N–H and O–H groups in total. The van der Waals surface area contributed by atoms with E-state index in [2.05, 4.69) is 4.90 Å². The van der Waals surface area contributed by atoms with Crippen molar-refractivity contribution in [2.45, 2.75) is 19.3 Å². The summed E-state index contributed by atoms with van der Waals surface area (Å²) in [6.45, 7) is 2.64. The number of hydrogen-bond donors (Lipinski definition) is 1. The summed E-state index contributed by atoms with van der Waals surface area (Å²) in [6, 6.07) is 0. The Balaban J connectivity index is 2.08. The third-order valence-corrected chi connectivity index (χ3v) is 2.85. The Hall–Kier alpha value is -0.500. The zero-order valence-corrected chi connectivity index (χ0v) is 6.79. The minimum atomic E-state index is 0.207. The van der Waals surface area contributed by atoms with Gasteiger partial charge in [-0.15, -0.1) is 0 Å². The summed E-state index contributed by atoms with van der Waals surface area (Å²) in [5.74, 6) is 0.915. The summed E-state index contributed by atoms with van der Waals surface area (Å²) >= 11 is 0. The fourth-order valence-corrected chi connectivity index (χ4v) is 2.17. The van der Waals surface area contributed by atoms with Gasteiger partial charge in [0.15, 0.2) is 0 Å². The lowest BCUT2D eigenvalue weighted by molar-refractivity contribution is 0.158. The molecule has 3 aliphatic heterocycles. The second kappa shape index (κ2) is 2.86. The Bertz CT molecular complexity index is 168. The van der Waals surface area contributed by atoms with Crippen molar-refractivity contribution in [3.8, 4) is 0 Å². The highest BCUT2D eigenvalue weighted by molar-refractivity contribution is 5.08. The van der Waals surface area contributed by atoms with Crippen LogP contribution in [-0.2, 0) is 0 Å². The number of rotatable bonds is 1. The minimum absolute atomic E-state index is 0.207. The van der Waals surface area contributed by atoms with Crippen LogP contribution in [0.5, 0.6) is 0 Å². The molecule has 3 fully saturated rings. The molecule has 0 saturated carbocycles. The molecule has 11 heavy (non-hydrogen) atoms. The van der Waals surface area contributed by atoms with E-state index < -0.39 is 0 Å². The lowest BCUT2D eigenvalue weighted by atomic mass is 9.86. The molecule has 0 unspecified atom stereocenters. The lowest BCUT2D eigenvalue weighted by Crippen LogP contribution is -2.39. The van der Waals surface area contributed by atoms with Gasteiger partial charge in [-0.3, -0.25) is 0 Å². The van der Waals surface area contributed by atoms with E-state index in [9.17, 15) is 0 Å². The van der Waals surface area contributed by atoms with Gasteiger partial charge in [0, 0.05) is 18.8 Å². The zero-order chi connectivity index (χ0) is 7.68. The highest BCUT2D eigenvalue weighted by Gasteiger charge is 2.27. The van der Waals surface area contributed by atoms with Gasteiger partial charge >= 0.3 is 0 Å². The van der Waals surface area contributed by atoms with Crippen LogP contribution in [0.1, 0.15) is 19.3 Å². The predicted octanol–water partition coefficient (Wildman–Crippen LogP) is 0.978. The van der Waals surface area contributed by atoms with Crippen LogP contribution in [0.25, 0.3) is 0 Å². The van der Waals surface area contributed by atoms with Gasteiger partial charge in [0.1, 0.15) is 0 Å². The maximum atomic E-state index is 8.74. The molecule has 0 aliphatic carbocycles. The molecule has 0 radical (unpaired) electrons. The van der Waals surface area contributed by atoms with E-state index >= 15 is 0 Å². The van der Waals surface area contributed by atoms with Gasteiger partial charge in [0.05, 0.1) is 6.61 Å². The highest BCUT2D eigenvalue weighted by Crippen LogP contribution is 2.33. The quantitative estimate of drug-likeness (QED) is 0.607. The van der Waals surface area contributed by atoms with Crippen molar-refractivity contribution in [2.75, 3.05) is 19.7 Å². The first-order chi connectivity index (χ1) is 5.40. The van der Waals surface area contributed by atoms with Gasteiger partial charge < -0.3 is 10.0 Å².